The predicted octanol–water partition coefficient (Wildman–Crippen LogP) is 5.14. The van der Waals surface area contributed by atoms with E-state index in [9.17, 15) is 0 Å². The zero-order valence-electron chi connectivity index (χ0n) is 12.7. The van der Waals surface area contributed by atoms with E-state index in [1.165, 1.54) is 23.5 Å². The maximum atomic E-state index is 6.00. The Labute approximate surface area is 140 Å². The fraction of sp³-hybridized carbons (Fsp3) is 0.333. The summed E-state index contributed by atoms with van der Waals surface area (Å²) >= 11 is 4.04. The lowest BCUT2D eigenvalue weighted by Gasteiger charge is -2.22. The van der Waals surface area contributed by atoms with Crippen molar-refractivity contribution in [3.8, 4) is 11.5 Å². The molecule has 0 unspecified atom stereocenters. The molecule has 2 nitrogen and oxygen atoms in total. The van der Waals surface area contributed by atoms with E-state index in [2.05, 4.69) is 24.3 Å². The molecule has 2 aromatic carbocycles. The lowest BCUT2D eigenvalue weighted by molar-refractivity contribution is 0.284. The molecule has 0 aliphatic carbocycles. The van der Waals surface area contributed by atoms with Gasteiger partial charge in [0.15, 0.2) is 11.5 Å². The second-order valence-corrected chi connectivity index (χ2v) is 7.84. The van der Waals surface area contributed by atoms with Gasteiger partial charge in [-0.25, -0.2) is 0 Å². The third kappa shape index (κ3) is 3.93. The first kappa shape index (κ1) is 15.6. The van der Waals surface area contributed by atoms with Crippen molar-refractivity contribution in [2.24, 2.45) is 0 Å². The Morgan fingerprint density at radius 2 is 1.77 bits per heavy atom. The summed E-state index contributed by atoms with van der Waals surface area (Å²) in [5.41, 5.74) is 2.48. The topological polar surface area (TPSA) is 18.5 Å². The Morgan fingerprint density at radius 1 is 1.00 bits per heavy atom. The van der Waals surface area contributed by atoms with Crippen LogP contribution in [0, 0.1) is 0 Å². The van der Waals surface area contributed by atoms with Crippen LogP contribution in [-0.4, -0.2) is 18.6 Å². The number of methoxy groups -OCH3 is 1. The predicted molar refractivity (Wildman–Crippen MR) is 96.0 cm³/mol. The summed E-state index contributed by atoms with van der Waals surface area (Å²) in [6.07, 6.45) is 1.30. The van der Waals surface area contributed by atoms with Gasteiger partial charge in [-0.2, -0.15) is 0 Å². The van der Waals surface area contributed by atoms with Crippen LogP contribution in [0.1, 0.15) is 22.1 Å². The van der Waals surface area contributed by atoms with Gasteiger partial charge in [0.05, 0.1) is 11.7 Å². The number of benzene rings is 2. The molecule has 0 aromatic heterocycles. The normalized spacial score (nSPS) is 15.5. The Kier molecular flexibility index (Phi) is 5.57. The van der Waals surface area contributed by atoms with E-state index in [4.69, 9.17) is 9.47 Å². The maximum Gasteiger partial charge on any atom is 0.162 e. The second kappa shape index (κ2) is 7.84. The Balaban J connectivity index is 1.75. The summed E-state index contributed by atoms with van der Waals surface area (Å²) in [6, 6.07) is 16.5. The number of thioether (sulfide) groups is 2. The van der Waals surface area contributed by atoms with Crippen molar-refractivity contribution in [3.05, 3.63) is 59.7 Å². The molecule has 3 rings (SSSR count). The van der Waals surface area contributed by atoms with Crippen molar-refractivity contribution < 1.29 is 9.47 Å². The first-order valence-corrected chi connectivity index (χ1v) is 9.54. The van der Waals surface area contributed by atoms with Crippen molar-refractivity contribution in [1.29, 1.82) is 0 Å². The molecule has 1 aliphatic rings. The molecule has 0 amide bonds. The number of ether oxygens (including phenoxy) is 2. The second-order valence-electron chi connectivity index (χ2n) is 5.11. The summed E-state index contributed by atoms with van der Waals surface area (Å²) in [5.74, 6) is 4.11. The van der Waals surface area contributed by atoms with E-state index < -0.39 is 0 Å². The smallest absolute Gasteiger partial charge is 0.162 e. The van der Waals surface area contributed by atoms with Gasteiger partial charge < -0.3 is 9.47 Å². The zero-order valence-corrected chi connectivity index (χ0v) is 14.3. The van der Waals surface area contributed by atoms with Crippen LogP contribution in [0.15, 0.2) is 48.5 Å². The molecular weight excluding hydrogens is 312 g/mol. The van der Waals surface area contributed by atoms with Gasteiger partial charge in [-0.15, -0.1) is 23.5 Å². The first-order chi connectivity index (χ1) is 10.9. The number of hydrogen-bond acceptors (Lipinski definition) is 4. The average Bonchev–Trinajstić information content (AvgIpc) is 2.61. The molecular formula is C18H20O2S2. The maximum absolute atomic E-state index is 6.00. The van der Waals surface area contributed by atoms with Crippen LogP contribution in [0.5, 0.6) is 11.5 Å². The van der Waals surface area contributed by atoms with Gasteiger partial charge >= 0.3 is 0 Å². The average molecular weight is 332 g/mol. The SMILES string of the molecule is COc1ccc(C2SCCCS2)cc1OCc1ccccc1. The van der Waals surface area contributed by atoms with Crippen LogP contribution in [0.25, 0.3) is 0 Å². The summed E-state index contributed by atoms with van der Waals surface area (Å²) in [7, 11) is 1.69. The van der Waals surface area contributed by atoms with E-state index in [1.807, 2.05) is 47.8 Å². The Morgan fingerprint density at radius 3 is 2.50 bits per heavy atom. The molecule has 1 fully saturated rings. The van der Waals surface area contributed by atoms with Crippen molar-refractivity contribution in [2.75, 3.05) is 18.6 Å². The highest BCUT2D eigenvalue weighted by Gasteiger charge is 2.18. The van der Waals surface area contributed by atoms with Crippen LogP contribution in [0.4, 0.5) is 0 Å². The highest BCUT2D eigenvalue weighted by Crippen LogP contribution is 2.45. The van der Waals surface area contributed by atoms with Gasteiger partial charge in [-0.3, -0.25) is 0 Å². The Bertz CT molecular complexity index is 595. The van der Waals surface area contributed by atoms with Crippen LogP contribution < -0.4 is 9.47 Å². The molecule has 0 atom stereocenters. The van der Waals surface area contributed by atoms with Crippen molar-refractivity contribution >= 4 is 23.5 Å². The zero-order chi connectivity index (χ0) is 15.2. The lowest BCUT2D eigenvalue weighted by Crippen LogP contribution is -2.02. The lowest BCUT2D eigenvalue weighted by atomic mass is 10.2. The first-order valence-electron chi connectivity index (χ1n) is 7.44. The largest absolute Gasteiger partial charge is 0.493 e. The van der Waals surface area contributed by atoms with Crippen molar-refractivity contribution in [2.45, 2.75) is 17.6 Å². The van der Waals surface area contributed by atoms with Crippen molar-refractivity contribution in [3.63, 3.8) is 0 Å². The molecule has 1 saturated heterocycles. The molecule has 22 heavy (non-hydrogen) atoms. The van der Waals surface area contributed by atoms with Gasteiger partial charge in [0, 0.05) is 0 Å². The van der Waals surface area contributed by atoms with E-state index >= 15 is 0 Å². The molecule has 4 heteroatoms. The molecule has 0 radical (unpaired) electrons. The van der Waals surface area contributed by atoms with E-state index in [1.54, 1.807) is 7.11 Å². The van der Waals surface area contributed by atoms with Crippen molar-refractivity contribution in [1.82, 2.24) is 0 Å². The van der Waals surface area contributed by atoms with Gasteiger partial charge in [-0.1, -0.05) is 36.4 Å². The van der Waals surface area contributed by atoms with E-state index in [0.717, 1.165) is 17.1 Å². The molecule has 0 N–H and O–H groups in total. The standard InChI is InChI=1S/C18H20O2S2/c1-19-16-9-8-15(18-21-10-5-11-22-18)12-17(16)20-13-14-6-3-2-4-7-14/h2-4,6-9,12,18H,5,10-11,13H2,1H3. The minimum atomic E-state index is 0.513. The molecule has 2 aromatic rings. The summed E-state index contributed by atoms with van der Waals surface area (Å²) in [5, 5.41) is 0. The quantitative estimate of drug-likeness (QED) is 0.754. The Hall–Kier alpha value is -1.26. The van der Waals surface area contributed by atoms with E-state index in [-0.39, 0.29) is 0 Å². The minimum Gasteiger partial charge on any atom is -0.493 e. The molecule has 116 valence electrons. The molecule has 1 aliphatic heterocycles. The van der Waals surface area contributed by atoms with E-state index in [0.29, 0.717) is 11.2 Å². The molecule has 1 heterocycles. The third-order valence-corrected chi connectivity index (χ3v) is 6.54. The number of rotatable bonds is 5. The van der Waals surface area contributed by atoms with Gasteiger partial charge in [-0.05, 0) is 41.2 Å². The molecule has 0 saturated carbocycles. The van der Waals surface area contributed by atoms with Gasteiger partial charge in [0.25, 0.3) is 0 Å². The highest BCUT2D eigenvalue weighted by molar-refractivity contribution is 8.16. The fourth-order valence-electron chi connectivity index (χ4n) is 2.37. The number of hydrogen-bond donors (Lipinski definition) is 0. The molecule has 0 spiro atoms. The van der Waals surface area contributed by atoms with Crippen LogP contribution in [0.3, 0.4) is 0 Å². The monoisotopic (exact) mass is 332 g/mol. The summed E-state index contributed by atoms with van der Waals surface area (Å²) in [6.45, 7) is 0.561. The van der Waals surface area contributed by atoms with Gasteiger partial charge in [0.2, 0.25) is 0 Å². The van der Waals surface area contributed by atoms with Crippen LogP contribution in [-0.2, 0) is 6.61 Å². The fourth-order valence-corrected chi connectivity index (χ4v) is 5.24. The van der Waals surface area contributed by atoms with Gasteiger partial charge in [0.1, 0.15) is 6.61 Å². The summed E-state index contributed by atoms with van der Waals surface area (Å²) in [4.78, 5) is 0. The van der Waals surface area contributed by atoms with Crippen LogP contribution >= 0.6 is 23.5 Å². The molecule has 0 bridgehead atoms. The van der Waals surface area contributed by atoms with Crippen LogP contribution in [0.2, 0.25) is 0 Å². The summed E-state index contributed by atoms with van der Waals surface area (Å²) < 4.78 is 12.0. The highest BCUT2D eigenvalue weighted by atomic mass is 32.2. The minimum absolute atomic E-state index is 0.513. The third-order valence-electron chi connectivity index (χ3n) is 3.52.